The Morgan fingerprint density at radius 2 is 2.00 bits per heavy atom. The molecule has 0 bridgehead atoms. The van der Waals surface area contributed by atoms with Gasteiger partial charge in [-0.1, -0.05) is 0 Å². The molecule has 7 nitrogen and oxygen atoms in total. The number of nitrogens with zero attached hydrogens (tertiary/aromatic N) is 2. The topological polar surface area (TPSA) is 87.6 Å². The van der Waals surface area contributed by atoms with Crippen LogP contribution in [0.4, 0.5) is 5.69 Å². The molecule has 2 heterocycles. The minimum absolute atomic E-state index is 0.0248. The van der Waals surface area contributed by atoms with Crippen LogP contribution in [0.15, 0.2) is 15.8 Å². The largest absolute Gasteiger partial charge is 0.394 e. The highest BCUT2D eigenvalue weighted by Crippen LogP contribution is 2.14. The van der Waals surface area contributed by atoms with Gasteiger partial charge in [0.05, 0.1) is 13.2 Å². The lowest BCUT2D eigenvalue weighted by Gasteiger charge is -2.28. The Morgan fingerprint density at radius 1 is 1.26 bits per heavy atom. The summed E-state index contributed by atoms with van der Waals surface area (Å²) in [5, 5.41) is 8.64. The number of hydrogen-bond donors (Lipinski definition) is 2. The van der Waals surface area contributed by atoms with Crippen LogP contribution in [0.2, 0.25) is 0 Å². The van der Waals surface area contributed by atoms with Gasteiger partial charge in [0.2, 0.25) is 0 Å². The molecule has 0 radical (unpaired) electrons. The molecule has 1 aromatic heterocycles. The van der Waals surface area contributed by atoms with Crippen LogP contribution >= 0.6 is 0 Å². The number of H-pyrrole nitrogens is 1. The first kappa shape index (κ1) is 13.8. The molecule has 1 aromatic rings. The molecule has 7 heteroatoms. The maximum atomic E-state index is 11.8. The highest BCUT2D eigenvalue weighted by Gasteiger charge is 2.15. The van der Waals surface area contributed by atoms with Crippen molar-refractivity contribution in [3.05, 3.63) is 27.0 Å². The van der Waals surface area contributed by atoms with Crippen LogP contribution in [0.25, 0.3) is 0 Å². The Balaban J connectivity index is 2.20. The Hall–Kier alpha value is -1.60. The van der Waals surface area contributed by atoms with Gasteiger partial charge in [-0.3, -0.25) is 14.3 Å². The van der Waals surface area contributed by atoms with Crippen molar-refractivity contribution in [2.75, 3.05) is 31.2 Å². The lowest BCUT2D eigenvalue weighted by Crippen LogP contribution is -2.38. The number of nitrogens with one attached hydrogen (secondary N) is 1. The average Bonchev–Trinajstić information content (AvgIpc) is 2.42. The van der Waals surface area contributed by atoms with Crippen molar-refractivity contribution >= 4 is 5.69 Å². The molecule has 0 atom stereocenters. The van der Waals surface area contributed by atoms with Gasteiger partial charge in [0.1, 0.15) is 12.4 Å². The van der Waals surface area contributed by atoms with E-state index >= 15 is 0 Å². The van der Waals surface area contributed by atoms with E-state index in [1.54, 1.807) is 0 Å². The van der Waals surface area contributed by atoms with E-state index in [1.165, 1.54) is 17.2 Å². The average molecular weight is 269 g/mol. The maximum absolute atomic E-state index is 11.8. The molecule has 1 aliphatic heterocycles. The third-order valence-corrected chi connectivity index (χ3v) is 3.15. The summed E-state index contributed by atoms with van der Waals surface area (Å²) < 4.78 is 6.41. The second kappa shape index (κ2) is 6.53. The molecule has 1 aliphatic rings. The van der Waals surface area contributed by atoms with Crippen molar-refractivity contribution in [1.82, 2.24) is 9.55 Å². The predicted octanol–water partition coefficient (Wildman–Crippen LogP) is -0.507. The summed E-state index contributed by atoms with van der Waals surface area (Å²) in [7, 11) is 0. The zero-order chi connectivity index (χ0) is 13.7. The van der Waals surface area contributed by atoms with Crippen molar-refractivity contribution in [3.8, 4) is 0 Å². The first-order valence-corrected chi connectivity index (χ1v) is 6.49. The molecule has 0 aromatic carbocycles. The van der Waals surface area contributed by atoms with Gasteiger partial charge in [-0.15, -0.1) is 0 Å². The molecule has 2 rings (SSSR count). The maximum Gasteiger partial charge on any atom is 0.330 e. The van der Waals surface area contributed by atoms with Gasteiger partial charge in [-0.25, -0.2) is 4.79 Å². The van der Waals surface area contributed by atoms with Crippen molar-refractivity contribution in [2.45, 2.75) is 26.0 Å². The van der Waals surface area contributed by atoms with E-state index < -0.39 is 5.69 Å². The standard InChI is InChI=1S/C12H19N3O4/c16-6-7-19-9-15-8-10(11(17)13-12(15)18)14-4-2-1-3-5-14/h8,16H,1-7,9H2,(H,13,17,18). The summed E-state index contributed by atoms with van der Waals surface area (Å²) in [6, 6.07) is 0. The van der Waals surface area contributed by atoms with Crippen molar-refractivity contribution in [3.63, 3.8) is 0 Å². The summed E-state index contributed by atoms with van der Waals surface area (Å²) in [4.78, 5) is 27.7. The number of anilines is 1. The van der Waals surface area contributed by atoms with Crippen LogP contribution in [-0.2, 0) is 11.5 Å². The van der Waals surface area contributed by atoms with E-state index in [0.717, 1.165) is 25.9 Å². The Bertz CT molecular complexity index is 516. The number of aromatic nitrogens is 2. The number of rotatable bonds is 5. The van der Waals surface area contributed by atoms with E-state index in [-0.39, 0.29) is 25.5 Å². The van der Waals surface area contributed by atoms with Crippen molar-refractivity contribution < 1.29 is 9.84 Å². The molecule has 0 saturated carbocycles. The number of hydrogen-bond acceptors (Lipinski definition) is 5. The monoisotopic (exact) mass is 269 g/mol. The first-order valence-electron chi connectivity index (χ1n) is 6.49. The second-order valence-electron chi connectivity index (χ2n) is 4.55. The molecular weight excluding hydrogens is 250 g/mol. The minimum atomic E-state index is -0.497. The lowest BCUT2D eigenvalue weighted by molar-refractivity contribution is 0.0457. The quantitative estimate of drug-likeness (QED) is 0.703. The van der Waals surface area contributed by atoms with Crippen LogP contribution in [0.5, 0.6) is 0 Å². The van der Waals surface area contributed by atoms with Gasteiger partial charge in [-0.2, -0.15) is 0 Å². The van der Waals surface area contributed by atoms with Crippen LogP contribution in [-0.4, -0.2) is 41.0 Å². The molecule has 106 valence electrons. The van der Waals surface area contributed by atoms with E-state index in [0.29, 0.717) is 5.69 Å². The molecule has 0 aliphatic carbocycles. The fourth-order valence-corrected chi connectivity index (χ4v) is 2.18. The van der Waals surface area contributed by atoms with Gasteiger partial charge in [0, 0.05) is 19.3 Å². The minimum Gasteiger partial charge on any atom is -0.394 e. The molecule has 1 fully saturated rings. The first-order chi connectivity index (χ1) is 9.22. The SMILES string of the molecule is O=c1[nH]c(=O)n(COCCO)cc1N1CCCCC1. The lowest BCUT2D eigenvalue weighted by atomic mass is 10.1. The summed E-state index contributed by atoms with van der Waals surface area (Å²) in [6.07, 6.45) is 4.82. The van der Waals surface area contributed by atoms with E-state index in [9.17, 15) is 9.59 Å². The van der Waals surface area contributed by atoms with Crippen LogP contribution in [0, 0.1) is 0 Å². The zero-order valence-corrected chi connectivity index (χ0v) is 10.8. The second-order valence-corrected chi connectivity index (χ2v) is 4.55. The Morgan fingerprint density at radius 3 is 2.68 bits per heavy atom. The Labute approximate surface area is 110 Å². The number of piperidine rings is 1. The highest BCUT2D eigenvalue weighted by atomic mass is 16.5. The number of aromatic amines is 1. The summed E-state index contributed by atoms with van der Waals surface area (Å²) >= 11 is 0. The Kier molecular flexibility index (Phi) is 4.75. The fraction of sp³-hybridized carbons (Fsp3) is 0.667. The molecule has 0 unspecified atom stereocenters. The molecule has 19 heavy (non-hydrogen) atoms. The molecule has 2 N–H and O–H groups in total. The van der Waals surface area contributed by atoms with Gasteiger partial charge in [-0.05, 0) is 19.3 Å². The smallest absolute Gasteiger partial charge is 0.330 e. The van der Waals surface area contributed by atoms with Crippen molar-refractivity contribution in [1.29, 1.82) is 0 Å². The third kappa shape index (κ3) is 3.45. The molecular formula is C12H19N3O4. The summed E-state index contributed by atoms with van der Waals surface area (Å²) in [6.45, 7) is 1.75. The highest BCUT2D eigenvalue weighted by molar-refractivity contribution is 5.42. The van der Waals surface area contributed by atoms with Crippen LogP contribution < -0.4 is 16.1 Å². The third-order valence-electron chi connectivity index (χ3n) is 3.15. The van der Waals surface area contributed by atoms with Crippen LogP contribution in [0.1, 0.15) is 19.3 Å². The van der Waals surface area contributed by atoms with Gasteiger partial charge in [0.25, 0.3) is 5.56 Å². The van der Waals surface area contributed by atoms with Gasteiger partial charge < -0.3 is 14.7 Å². The molecule has 1 saturated heterocycles. The summed E-state index contributed by atoms with van der Waals surface area (Å²) in [5.41, 5.74) is -0.346. The van der Waals surface area contributed by atoms with E-state index in [1.807, 2.05) is 4.90 Å². The predicted molar refractivity (Wildman–Crippen MR) is 70.4 cm³/mol. The summed E-state index contributed by atoms with van der Waals surface area (Å²) in [5.74, 6) is 0. The number of aliphatic hydroxyl groups excluding tert-OH is 1. The zero-order valence-electron chi connectivity index (χ0n) is 10.8. The van der Waals surface area contributed by atoms with Crippen LogP contribution in [0.3, 0.4) is 0 Å². The van der Waals surface area contributed by atoms with Gasteiger partial charge >= 0.3 is 5.69 Å². The van der Waals surface area contributed by atoms with Crippen molar-refractivity contribution in [2.24, 2.45) is 0 Å². The molecule has 0 spiro atoms. The normalized spacial score (nSPS) is 15.7. The number of aliphatic hydroxyl groups is 1. The fourth-order valence-electron chi connectivity index (χ4n) is 2.18. The molecule has 0 amide bonds. The van der Waals surface area contributed by atoms with E-state index in [4.69, 9.17) is 9.84 Å². The number of ether oxygens (including phenoxy) is 1. The van der Waals surface area contributed by atoms with E-state index in [2.05, 4.69) is 4.98 Å². The van der Waals surface area contributed by atoms with Gasteiger partial charge in [0.15, 0.2) is 0 Å².